The number of aliphatic carboxylic acids is 1. The average Bonchev–Trinajstić information content (AvgIpc) is 2.83. The van der Waals surface area contributed by atoms with Gasteiger partial charge >= 0.3 is 5.97 Å². The van der Waals surface area contributed by atoms with Gasteiger partial charge in [0.25, 0.3) is 0 Å². The van der Waals surface area contributed by atoms with Crippen LogP contribution in [0.5, 0.6) is 11.5 Å². The molecule has 5 heteroatoms. The molecule has 0 bridgehead atoms. The molecule has 0 saturated heterocycles. The molecule has 0 aliphatic heterocycles. The fourth-order valence-corrected chi connectivity index (χ4v) is 3.83. The number of carbonyl (C=O) groups excluding carboxylic acids is 1. The van der Waals surface area contributed by atoms with Crippen molar-refractivity contribution >= 4 is 11.8 Å². The van der Waals surface area contributed by atoms with Crippen molar-refractivity contribution in [1.82, 2.24) is 0 Å². The zero-order chi connectivity index (χ0) is 25.4. The number of hydrogen-bond donors (Lipinski definition) is 1. The normalized spacial score (nSPS) is 11.8. The van der Waals surface area contributed by atoms with Gasteiger partial charge in [0, 0.05) is 18.4 Å². The molecular formula is C30H34O5. The van der Waals surface area contributed by atoms with E-state index in [0.717, 1.165) is 22.4 Å². The molecule has 5 nitrogen and oxygen atoms in total. The van der Waals surface area contributed by atoms with Crippen molar-refractivity contribution in [3.63, 3.8) is 0 Å². The molecule has 1 N–H and O–H groups in total. The Morgan fingerprint density at radius 1 is 0.943 bits per heavy atom. The van der Waals surface area contributed by atoms with Gasteiger partial charge in [-0.05, 0) is 67.1 Å². The van der Waals surface area contributed by atoms with Gasteiger partial charge in [-0.1, -0.05) is 56.3 Å². The Morgan fingerprint density at radius 3 is 2.34 bits per heavy atom. The number of carboxylic acids is 1. The highest BCUT2D eigenvalue weighted by molar-refractivity contribution is 6.10. The van der Waals surface area contributed by atoms with Gasteiger partial charge in [0.2, 0.25) is 0 Å². The topological polar surface area (TPSA) is 72.8 Å². The van der Waals surface area contributed by atoms with Gasteiger partial charge in [-0.3, -0.25) is 9.59 Å². The first-order valence-corrected chi connectivity index (χ1v) is 12.1. The third kappa shape index (κ3) is 7.44. The second-order valence-corrected chi connectivity index (χ2v) is 9.15. The minimum Gasteiger partial charge on any atom is -0.493 e. The Balaban J connectivity index is 1.63. The molecule has 3 aromatic rings. The van der Waals surface area contributed by atoms with Crippen LogP contribution in [0.1, 0.15) is 72.1 Å². The molecule has 0 aliphatic carbocycles. The van der Waals surface area contributed by atoms with E-state index in [9.17, 15) is 9.59 Å². The first-order chi connectivity index (χ1) is 16.7. The van der Waals surface area contributed by atoms with Gasteiger partial charge in [-0.15, -0.1) is 0 Å². The lowest BCUT2D eigenvalue weighted by molar-refractivity contribution is -0.136. The SMILES string of the molecule is Cc1cc(OCCC(C)Oc2ccc(C(C)C)cc2C(=O)c2ccccc2)ccc1CCC(=O)O. The largest absolute Gasteiger partial charge is 0.493 e. The molecule has 0 spiro atoms. The molecule has 184 valence electrons. The van der Waals surface area contributed by atoms with E-state index in [1.54, 1.807) is 0 Å². The van der Waals surface area contributed by atoms with Crippen LogP contribution in [-0.2, 0) is 11.2 Å². The van der Waals surface area contributed by atoms with Crippen molar-refractivity contribution < 1.29 is 24.2 Å². The Kier molecular flexibility index (Phi) is 9.07. The summed E-state index contributed by atoms with van der Waals surface area (Å²) in [6, 6.07) is 20.8. The molecule has 0 radical (unpaired) electrons. The lowest BCUT2D eigenvalue weighted by Crippen LogP contribution is -2.18. The van der Waals surface area contributed by atoms with Gasteiger partial charge in [0.15, 0.2) is 5.78 Å². The van der Waals surface area contributed by atoms with Crippen LogP contribution in [0.15, 0.2) is 66.7 Å². The van der Waals surface area contributed by atoms with Crippen LogP contribution in [0.25, 0.3) is 0 Å². The second-order valence-electron chi connectivity index (χ2n) is 9.15. The minimum absolute atomic E-state index is 0.0509. The van der Waals surface area contributed by atoms with Crippen molar-refractivity contribution in [1.29, 1.82) is 0 Å². The summed E-state index contributed by atoms with van der Waals surface area (Å²) in [5.41, 5.74) is 4.33. The molecule has 0 saturated carbocycles. The van der Waals surface area contributed by atoms with Crippen LogP contribution in [0, 0.1) is 6.92 Å². The zero-order valence-electron chi connectivity index (χ0n) is 20.9. The minimum atomic E-state index is -0.800. The maximum absolute atomic E-state index is 13.2. The summed E-state index contributed by atoms with van der Waals surface area (Å²) < 4.78 is 12.1. The first-order valence-electron chi connectivity index (χ1n) is 12.1. The summed E-state index contributed by atoms with van der Waals surface area (Å²) in [6.07, 6.45) is 1.11. The van der Waals surface area contributed by atoms with Gasteiger partial charge in [0.1, 0.15) is 11.5 Å². The Bertz CT molecular complexity index is 1150. The number of carbonyl (C=O) groups is 2. The molecule has 35 heavy (non-hydrogen) atoms. The first kappa shape index (κ1) is 26.0. The standard InChI is InChI=1S/C30H34O5/c1-20(2)25-11-14-28(27(19-25)30(33)24-8-6-5-7-9-24)35-22(4)16-17-34-26-13-10-23(21(3)18-26)12-15-29(31)32/h5-11,13-14,18-20,22H,12,15-17H2,1-4H3,(H,31,32). The van der Waals surface area contributed by atoms with Crippen molar-refractivity contribution in [2.75, 3.05) is 6.61 Å². The van der Waals surface area contributed by atoms with Crippen molar-refractivity contribution in [2.24, 2.45) is 0 Å². The van der Waals surface area contributed by atoms with Crippen LogP contribution in [0.2, 0.25) is 0 Å². The highest BCUT2D eigenvalue weighted by atomic mass is 16.5. The van der Waals surface area contributed by atoms with Crippen LogP contribution in [0.3, 0.4) is 0 Å². The fourth-order valence-electron chi connectivity index (χ4n) is 3.83. The summed E-state index contributed by atoms with van der Waals surface area (Å²) in [7, 11) is 0. The van der Waals surface area contributed by atoms with Crippen molar-refractivity contribution in [3.05, 3.63) is 94.5 Å². The number of rotatable bonds is 12. The summed E-state index contributed by atoms with van der Waals surface area (Å²) in [5.74, 6) is 0.775. The maximum Gasteiger partial charge on any atom is 0.303 e. The molecule has 0 aromatic heterocycles. The van der Waals surface area contributed by atoms with E-state index in [-0.39, 0.29) is 18.3 Å². The molecule has 0 heterocycles. The van der Waals surface area contributed by atoms with E-state index < -0.39 is 5.97 Å². The third-order valence-corrected chi connectivity index (χ3v) is 5.99. The maximum atomic E-state index is 13.2. The summed E-state index contributed by atoms with van der Waals surface area (Å²) in [4.78, 5) is 24.0. The number of hydrogen-bond acceptors (Lipinski definition) is 4. The van der Waals surface area contributed by atoms with Crippen LogP contribution < -0.4 is 9.47 Å². The fraction of sp³-hybridized carbons (Fsp3) is 0.333. The zero-order valence-corrected chi connectivity index (χ0v) is 20.9. The Morgan fingerprint density at radius 2 is 1.69 bits per heavy atom. The highest BCUT2D eigenvalue weighted by Crippen LogP contribution is 2.28. The van der Waals surface area contributed by atoms with E-state index in [1.165, 1.54) is 0 Å². The Labute approximate surface area is 207 Å². The number of ether oxygens (including phenoxy) is 2. The van der Waals surface area contributed by atoms with Gasteiger partial charge in [0.05, 0.1) is 18.3 Å². The molecule has 3 rings (SSSR count). The predicted octanol–water partition coefficient (Wildman–Crippen LogP) is 6.60. The number of carboxylic acid groups (broad SMARTS) is 1. The smallest absolute Gasteiger partial charge is 0.303 e. The number of ketones is 1. The molecule has 0 aliphatic rings. The second kappa shape index (κ2) is 12.2. The van der Waals surface area contributed by atoms with E-state index in [1.807, 2.05) is 80.6 Å². The average molecular weight is 475 g/mol. The van der Waals surface area contributed by atoms with E-state index >= 15 is 0 Å². The number of benzene rings is 3. The summed E-state index contributed by atoms with van der Waals surface area (Å²) in [5, 5.41) is 8.88. The predicted molar refractivity (Wildman–Crippen MR) is 138 cm³/mol. The van der Waals surface area contributed by atoms with Crippen molar-refractivity contribution in [2.45, 2.75) is 59.0 Å². The molecule has 3 aromatic carbocycles. The van der Waals surface area contributed by atoms with Crippen LogP contribution in [-0.4, -0.2) is 29.6 Å². The monoisotopic (exact) mass is 474 g/mol. The van der Waals surface area contributed by atoms with Gasteiger partial charge in [-0.2, -0.15) is 0 Å². The lowest BCUT2D eigenvalue weighted by atomic mass is 9.96. The molecular weight excluding hydrogens is 440 g/mol. The van der Waals surface area contributed by atoms with Crippen LogP contribution in [0.4, 0.5) is 0 Å². The van der Waals surface area contributed by atoms with E-state index in [0.29, 0.717) is 42.2 Å². The molecule has 1 unspecified atom stereocenters. The quantitative estimate of drug-likeness (QED) is 0.299. The van der Waals surface area contributed by atoms with Crippen molar-refractivity contribution in [3.8, 4) is 11.5 Å². The summed E-state index contributed by atoms with van der Waals surface area (Å²) in [6.45, 7) is 8.60. The molecule has 1 atom stereocenters. The van der Waals surface area contributed by atoms with E-state index in [4.69, 9.17) is 14.6 Å². The number of aryl methyl sites for hydroxylation is 2. The van der Waals surface area contributed by atoms with Crippen LogP contribution >= 0.6 is 0 Å². The Hall–Kier alpha value is -3.60. The molecule has 0 fully saturated rings. The highest BCUT2D eigenvalue weighted by Gasteiger charge is 2.18. The molecule has 0 amide bonds. The lowest BCUT2D eigenvalue weighted by Gasteiger charge is -2.19. The van der Waals surface area contributed by atoms with E-state index in [2.05, 4.69) is 13.8 Å². The van der Waals surface area contributed by atoms with Gasteiger partial charge in [-0.25, -0.2) is 0 Å². The third-order valence-electron chi connectivity index (χ3n) is 5.99. The van der Waals surface area contributed by atoms with Gasteiger partial charge < -0.3 is 14.6 Å². The summed E-state index contributed by atoms with van der Waals surface area (Å²) >= 11 is 0.